The van der Waals surface area contributed by atoms with Gasteiger partial charge in [-0.25, -0.2) is 4.57 Å². The summed E-state index contributed by atoms with van der Waals surface area (Å²) in [6, 6.07) is 7.27. The Labute approximate surface area is 175 Å². The molecule has 0 saturated carbocycles. The average molecular weight is 436 g/mol. The highest BCUT2D eigenvalue weighted by atomic mass is 31.2. The Bertz CT molecular complexity index is 934. The summed E-state index contributed by atoms with van der Waals surface area (Å²) < 4.78 is 29.5. The quantitative estimate of drug-likeness (QED) is 0.327. The standard InChI is InChI=1S/C20H25N2O7P/c1-13(2)28-20(25)15(4)22-30(26,29-17-8-6-5-7-9-17)27-12-16-10-21-14(3)19(24)18(16)11-23/h5-11,13,15,24H,12H2,1-4H3,(H,22,26)/t15-,30?/m1/s1. The molecule has 2 atom stereocenters. The van der Waals surface area contributed by atoms with E-state index < -0.39 is 19.8 Å². The summed E-state index contributed by atoms with van der Waals surface area (Å²) in [6.45, 7) is 6.03. The van der Waals surface area contributed by atoms with Gasteiger partial charge in [0.2, 0.25) is 0 Å². The molecule has 162 valence electrons. The predicted molar refractivity (Wildman–Crippen MR) is 109 cm³/mol. The molecule has 1 unspecified atom stereocenters. The highest BCUT2D eigenvalue weighted by Crippen LogP contribution is 2.46. The predicted octanol–water partition coefficient (Wildman–Crippen LogP) is 3.54. The number of aromatic nitrogens is 1. The maximum atomic E-state index is 13.4. The lowest BCUT2D eigenvalue weighted by atomic mass is 10.1. The maximum absolute atomic E-state index is 13.4. The van der Waals surface area contributed by atoms with Crippen LogP contribution < -0.4 is 9.61 Å². The lowest BCUT2D eigenvalue weighted by molar-refractivity contribution is -0.149. The van der Waals surface area contributed by atoms with Crippen LogP contribution in [0.4, 0.5) is 0 Å². The molecule has 1 heterocycles. The fraction of sp³-hybridized carbons (Fsp3) is 0.350. The summed E-state index contributed by atoms with van der Waals surface area (Å²) in [6.07, 6.45) is 1.44. The minimum absolute atomic E-state index is 0.0268. The first kappa shape index (κ1) is 23.5. The molecular formula is C20H25N2O7P. The normalized spacial score (nSPS) is 14.0. The fourth-order valence-electron chi connectivity index (χ4n) is 2.39. The minimum Gasteiger partial charge on any atom is -0.505 e. The third-order valence-corrected chi connectivity index (χ3v) is 5.52. The monoisotopic (exact) mass is 436 g/mol. The van der Waals surface area contributed by atoms with Crippen molar-refractivity contribution in [3.05, 3.63) is 53.3 Å². The Morgan fingerprint density at radius 2 is 1.93 bits per heavy atom. The van der Waals surface area contributed by atoms with Gasteiger partial charge in [0.1, 0.15) is 17.5 Å². The van der Waals surface area contributed by atoms with Crippen molar-refractivity contribution in [2.45, 2.75) is 46.4 Å². The lowest BCUT2D eigenvalue weighted by Gasteiger charge is -2.23. The number of carbonyl (C=O) groups is 2. The Morgan fingerprint density at radius 3 is 2.53 bits per heavy atom. The average Bonchev–Trinajstić information content (AvgIpc) is 2.69. The Hall–Kier alpha value is -2.74. The Kier molecular flexibility index (Phi) is 8.11. The fourth-order valence-corrected chi connectivity index (χ4v) is 3.86. The van der Waals surface area contributed by atoms with Crippen molar-refractivity contribution in [2.75, 3.05) is 0 Å². The molecule has 0 amide bonds. The molecule has 0 radical (unpaired) electrons. The molecule has 1 aromatic carbocycles. The van der Waals surface area contributed by atoms with Gasteiger partial charge in [0, 0.05) is 11.8 Å². The van der Waals surface area contributed by atoms with E-state index in [9.17, 15) is 19.3 Å². The second-order valence-electron chi connectivity index (χ2n) is 6.76. The van der Waals surface area contributed by atoms with E-state index >= 15 is 0 Å². The summed E-state index contributed by atoms with van der Waals surface area (Å²) >= 11 is 0. The van der Waals surface area contributed by atoms with Crippen LogP contribution in [0.15, 0.2) is 36.5 Å². The third kappa shape index (κ3) is 6.38. The number of esters is 1. The number of benzene rings is 1. The van der Waals surface area contributed by atoms with E-state index in [0.29, 0.717) is 6.29 Å². The van der Waals surface area contributed by atoms with E-state index in [1.807, 2.05) is 0 Å². The van der Waals surface area contributed by atoms with Gasteiger partial charge in [-0.3, -0.25) is 19.1 Å². The number of hydrogen-bond acceptors (Lipinski definition) is 8. The molecule has 0 aliphatic heterocycles. The lowest BCUT2D eigenvalue weighted by Crippen LogP contribution is -2.36. The molecule has 9 nitrogen and oxygen atoms in total. The molecular weight excluding hydrogens is 411 g/mol. The SMILES string of the molecule is Cc1ncc(COP(=O)(N[C@H](C)C(=O)OC(C)C)Oc2ccccc2)c(C=O)c1O. The third-order valence-electron chi connectivity index (χ3n) is 3.89. The van der Waals surface area contributed by atoms with Crippen molar-refractivity contribution >= 4 is 20.0 Å². The first-order valence-electron chi connectivity index (χ1n) is 9.25. The molecule has 2 aromatic rings. The van der Waals surface area contributed by atoms with Gasteiger partial charge >= 0.3 is 13.7 Å². The van der Waals surface area contributed by atoms with E-state index in [4.69, 9.17) is 13.8 Å². The van der Waals surface area contributed by atoms with Crippen molar-refractivity contribution < 1.29 is 33.0 Å². The molecule has 1 aromatic heterocycles. The summed E-state index contributed by atoms with van der Waals surface area (Å²) in [5.41, 5.74) is 0.456. The van der Waals surface area contributed by atoms with Crippen LogP contribution in [-0.2, 0) is 25.2 Å². The van der Waals surface area contributed by atoms with Gasteiger partial charge in [0.25, 0.3) is 0 Å². The molecule has 0 aliphatic carbocycles. The van der Waals surface area contributed by atoms with Crippen molar-refractivity contribution in [3.8, 4) is 11.5 Å². The van der Waals surface area contributed by atoms with E-state index in [1.54, 1.807) is 51.1 Å². The molecule has 0 bridgehead atoms. The molecule has 2 N–H and O–H groups in total. The zero-order valence-electron chi connectivity index (χ0n) is 17.2. The van der Waals surface area contributed by atoms with Crippen molar-refractivity contribution in [2.24, 2.45) is 0 Å². The van der Waals surface area contributed by atoms with Gasteiger partial charge in [-0.15, -0.1) is 0 Å². The van der Waals surface area contributed by atoms with Gasteiger partial charge in [-0.05, 0) is 39.8 Å². The summed E-state index contributed by atoms with van der Waals surface area (Å²) in [4.78, 5) is 27.5. The van der Waals surface area contributed by atoms with Crippen molar-refractivity contribution in [3.63, 3.8) is 0 Å². The summed E-state index contributed by atoms with van der Waals surface area (Å²) in [7, 11) is -4.09. The Morgan fingerprint density at radius 1 is 1.27 bits per heavy atom. The minimum atomic E-state index is -4.09. The van der Waals surface area contributed by atoms with Crippen LogP contribution in [0, 0.1) is 6.92 Å². The van der Waals surface area contributed by atoms with E-state index in [0.717, 1.165) is 0 Å². The Balaban J connectivity index is 2.25. The zero-order chi connectivity index (χ0) is 22.3. The number of para-hydroxylation sites is 1. The van der Waals surface area contributed by atoms with Crippen molar-refractivity contribution in [1.29, 1.82) is 0 Å². The molecule has 0 spiro atoms. The van der Waals surface area contributed by atoms with Gasteiger partial charge < -0.3 is 14.4 Å². The number of aldehydes is 1. The summed E-state index contributed by atoms with van der Waals surface area (Å²) in [5.74, 6) is -0.668. The number of rotatable bonds is 10. The number of carbonyl (C=O) groups excluding carboxylic acids is 2. The van der Waals surface area contributed by atoms with Crippen LogP contribution in [0.1, 0.15) is 42.4 Å². The molecule has 10 heteroatoms. The molecule has 2 rings (SSSR count). The summed E-state index contributed by atoms with van der Waals surface area (Å²) in [5, 5.41) is 12.6. The second kappa shape index (κ2) is 10.3. The number of nitrogens with zero attached hydrogens (tertiary/aromatic N) is 1. The van der Waals surface area contributed by atoms with Crippen LogP contribution in [0.5, 0.6) is 11.5 Å². The van der Waals surface area contributed by atoms with E-state index in [2.05, 4.69) is 10.1 Å². The van der Waals surface area contributed by atoms with Gasteiger partial charge in [-0.2, -0.15) is 5.09 Å². The van der Waals surface area contributed by atoms with Crippen molar-refractivity contribution in [1.82, 2.24) is 10.1 Å². The van der Waals surface area contributed by atoms with Gasteiger partial charge in [0.05, 0.1) is 24.0 Å². The molecule has 30 heavy (non-hydrogen) atoms. The first-order chi connectivity index (χ1) is 14.1. The molecule has 0 saturated heterocycles. The van der Waals surface area contributed by atoms with Crippen LogP contribution in [0.2, 0.25) is 0 Å². The van der Waals surface area contributed by atoms with E-state index in [-0.39, 0.29) is 41.0 Å². The zero-order valence-corrected chi connectivity index (χ0v) is 18.1. The van der Waals surface area contributed by atoms with Crippen LogP contribution in [0.25, 0.3) is 0 Å². The number of aromatic hydroxyl groups is 1. The topological polar surface area (TPSA) is 124 Å². The smallest absolute Gasteiger partial charge is 0.459 e. The number of nitrogens with one attached hydrogen (secondary N) is 1. The van der Waals surface area contributed by atoms with Crippen LogP contribution >= 0.6 is 7.75 Å². The van der Waals surface area contributed by atoms with Crippen LogP contribution in [-0.4, -0.2) is 34.5 Å². The number of pyridine rings is 1. The van der Waals surface area contributed by atoms with Gasteiger partial charge in [0.15, 0.2) is 6.29 Å². The van der Waals surface area contributed by atoms with E-state index in [1.165, 1.54) is 13.1 Å². The first-order valence-corrected chi connectivity index (χ1v) is 10.8. The highest BCUT2D eigenvalue weighted by Gasteiger charge is 2.33. The number of aryl methyl sites for hydroxylation is 1. The maximum Gasteiger partial charge on any atom is 0.459 e. The second-order valence-corrected chi connectivity index (χ2v) is 8.45. The van der Waals surface area contributed by atoms with Crippen LogP contribution in [0.3, 0.4) is 0 Å². The molecule has 0 aliphatic rings. The highest BCUT2D eigenvalue weighted by molar-refractivity contribution is 7.52. The molecule has 0 fully saturated rings. The largest absolute Gasteiger partial charge is 0.505 e. The number of ether oxygens (including phenoxy) is 1. The number of hydrogen-bond donors (Lipinski definition) is 2. The van der Waals surface area contributed by atoms with Gasteiger partial charge in [-0.1, -0.05) is 18.2 Å².